The monoisotopic (exact) mass is 344 g/mol. The number of hydrogen-bond acceptors (Lipinski definition) is 4. The van der Waals surface area contributed by atoms with Crippen molar-refractivity contribution in [3.05, 3.63) is 24.3 Å². The van der Waals surface area contributed by atoms with E-state index in [1.165, 1.54) is 6.07 Å². The Morgan fingerprint density at radius 2 is 2.17 bits per heavy atom. The van der Waals surface area contributed by atoms with Crippen LogP contribution in [0, 0.1) is 0 Å². The van der Waals surface area contributed by atoms with Gasteiger partial charge in [-0.3, -0.25) is 4.90 Å². The minimum atomic E-state index is -2.47. The fourth-order valence-corrected chi connectivity index (χ4v) is 3.02. The summed E-state index contributed by atoms with van der Waals surface area (Å²) in [4.78, 5) is 16.8. The molecule has 0 saturated carbocycles. The van der Waals surface area contributed by atoms with E-state index in [1.807, 2.05) is 7.05 Å². The number of anilines is 1. The quantitative estimate of drug-likeness (QED) is 0.805. The number of alkyl halides is 2. The minimum Gasteiger partial charge on any atom is -0.336 e. The van der Waals surface area contributed by atoms with Crippen molar-refractivity contribution >= 4 is 23.5 Å². The molecule has 1 heterocycles. The van der Waals surface area contributed by atoms with Gasteiger partial charge in [0.25, 0.3) is 5.76 Å². The van der Waals surface area contributed by atoms with E-state index in [1.54, 1.807) is 18.2 Å². The van der Waals surface area contributed by atoms with Crippen molar-refractivity contribution < 1.29 is 13.6 Å². The first-order valence-corrected chi connectivity index (χ1v) is 8.30. The summed E-state index contributed by atoms with van der Waals surface area (Å²) in [6.07, 6.45) is 0. The van der Waals surface area contributed by atoms with Crippen LogP contribution in [-0.4, -0.2) is 67.9 Å². The topological polar surface area (TPSA) is 47.6 Å². The van der Waals surface area contributed by atoms with Crippen molar-refractivity contribution in [1.82, 2.24) is 15.1 Å². The molecule has 0 aromatic heterocycles. The van der Waals surface area contributed by atoms with Gasteiger partial charge in [-0.2, -0.15) is 8.78 Å². The number of halogens is 2. The van der Waals surface area contributed by atoms with E-state index in [2.05, 4.69) is 27.5 Å². The van der Waals surface area contributed by atoms with Crippen molar-refractivity contribution in [2.45, 2.75) is 16.7 Å². The Balaban J connectivity index is 1.82. The second-order valence-corrected chi connectivity index (χ2v) is 6.70. The van der Waals surface area contributed by atoms with Gasteiger partial charge in [0, 0.05) is 42.8 Å². The Kier molecular flexibility index (Phi) is 6.61. The van der Waals surface area contributed by atoms with Gasteiger partial charge in [-0.05, 0) is 32.3 Å². The lowest BCUT2D eigenvalue weighted by molar-refractivity contribution is 0.115. The molecule has 128 valence electrons. The lowest BCUT2D eigenvalue weighted by Crippen LogP contribution is -2.54. The Bertz CT molecular complexity index is 532. The predicted molar refractivity (Wildman–Crippen MR) is 89.2 cm³/mol. The Morgan fingerprint density at radius 3 is 2.91 bits per heavy atom. The normalized spacial score (nSPS) is 19.8. The zero-order valence-electron chi connectivity index (χ0n) is 13.3. The molecule has 5 nitrogen and oxygen atoms in total. The fourth-order valence-electron chi connectivity index (χ4n) is 2.46. The molecular weight excluding hydrogens is 322 g/mol. The molecule has 1 aromatic carbocycles. The average molecular weight is 344 g/mol. The van der Waals surface area contributed by atoms with Crippen molar-refractivity contribution in [3.63, 3.8) is 0 Å². The fraction of sp³-hybridized carbons (Fsp3) is 0.533. The van der Waals surface area contributed by atoms with Crippen LogP contribution in [0.15, 0.2) is 29.2 Å². The molecule has 23 heavy (non-hydrogen) atoms. The highest BCUT2D eigenvalue weighted by Crippen LogP contribution is 2.27. The van der Waals surface area contributed by atoms with E-state index < -0.39 is 5.76 Å². The minimum absolute atomic E-state index is 0.264. The van der Waals surface area contributed by atoms with Gasteiger partial charge in [0.15, 0.2) is 0 Å². The van der Waals surface area contributed by atoms with Gasteiger partial charge >= 0.3 is 6.03 Å². The largest absolute Gasteiger partial charge is 0.336 e. The van der Waals surface area contributed by atoms with Crippen LogP contribution in [0.5, 0.6) is 0 Å². The van der Waals surface area contributed by atoms with Gasteiger partial charge in [-0.15, -0.1) is 0 Å². The molecule has 1 atom stereocenters. The zero-order chi connectivity index (χ0) is 16.8. The van der Waals surface area contributed by atoms with Crippen LogP contribution in [0.4, 0.5) is 19.3 Å². The van der Waals surface area contributed by atoms with Gasteiger partial charge in [-0.1, -0.05) is 17.8 Å². The van der Waals surface area contributed by atoms with E-state index >= 15 is 0 Å². The van der Waals surface area contributed by atoms with E-state index in [-0.39, 0.29) is 12.1 Å². The van der Waals surface area contributed by atoms with E-state index in [0.717, 1.165) is 19.6 Å². The van der Waals surface area contributed by atoms with Crippen LogP contribution in [-0.2, 0) is 0 Å². The maximum absolute atomic E-state index is 12.4. The molecule has 2 amide bonds. The average Bonchev–Trinajstić information content (AvgIpc) is 2.48. The summed E-state index contributed by atoms with van der Waals surface area (Å²) >= 11 is 0.459. The standard InChI is InChI=1S/C15H22F2N4OS/c1-20-6-7-21(2)12(10-20)9-18-15(22)19-11-4-3-5-13(8-11)23-14(16)17/h3-5,8,12,14H,6-7,9-10H2,1-2H3,(H2,18,19,22). The molecule has 1 aromatic rings. The Hall–Kier alpha value is -1.38. The lowest BCUT2D eigenvalue weighted by atomic mass is 10.2. The lowest BCUT2D eigenvalue weighted by Gasteiger charge is -2.37. The second-order valence-electron chi connectivity index (χ2n) is 5.64. The number of likely N-dealkylation sites (N-methyl/N-ethyl adjacent to an activating group) is 2. The highest BCUT2D eigenvalue weighted by atomic mass is 32.2. The number of nitrogens with one attached hydrogen (secondary N) is 2. The number of nitrogens with zero attached hydrogens (tertiary/aromatic N) is 2. The van der Waals surface area contributed by atoms with E-state index in [0.29, 0.717) is 28.9 Å². The second kappa shape index (κ2) is 8.47. The number of amides is 2. The molecule has 1 aliphatic rings. The number of rotatable bonds is 5. The number of carbonyl (C=O) groups excluding carboxylic acids is 1. The van der Waals surface area contributed by atoms with Crippen LogP contribution < -0.4 is 10.6 Å². The summed E-state index contributed by atoms with van der Waals surface area (Å²) in [6.45, 7) is 3.43. The van der Waals surface area contributed by atoms with Crippen molar-refractivity contribution in [1.29, 1.82) is 0 Å². The molecule has 1 aliphatic heterocycles. The number of piperazine rings is 1. The first-order chi connectivity index (χ1) is 10.9. The van der Waals surface area contributed by atoms with E-state index in [9.17, 15) is 13.6 Å². The molecule has 2 rings (SSSR count). The third-order valence-electron chi connectivity index (χ3n) is 3.80. The zero-order valence-corrected chi connectivity index (χ0v) is 14.1. The molecule has 0 aliphatic carbocycles. The molecule has 0 radical (unpaired) electrons. The van der Waals surface area contributed by atoms with Crippen molar-refractivity contribution in [2.75, 3.05) is 45.6 Å². The molecule has 2 N–H and O–H groups in total. The maximum Gasteiger partial charge on any atom is 0.319 e. The van der Waals surface area contributed by atoms with Crippen LogP contribution in [0.2, 0.25) is 0 Å². The Morgan fingerprint density at radius 1 is 1.39 bits per heavy atom. The number of hydrogen-bond donors (Lipinski definition) is 2. The summed E-state index contributed by atoms with van der Waals surface area (Å²) in [5.41, 5.74) is 0.502. The van der Waals surface area contributed by atoms with Gasteiger partial charge in [0.05, 0.1) is 0 Å². The molecule has 1 unspecified atom stereocenters. The molecule has 8 heteroatoms. The van der Waals surface area contributed by atoms with Crippen molar-refractivity contribution in [3.8, 4) is 0 Å². The van der Waals surface area contributed by atoms with Gasteiger partial charge < -0.3 is 15.5 Å². The smallest absolute Gasteiger partial charge is 0.319 e. The van der Waals surface area contributed by atoms with Crippen LogP contribution in [0.25, 0.3) is 0 Å². The van der Waals surface area contributed by atoms with E-state index in [4.69, 9.17) is 0 Å². The summed E-state index contributed by atoms with van der Waals surface area (Å²) in [5, 5.41) is 5.52. The Labute approximate surface area is 139 Å². The van der Waals surface area contributed by atoms with Gasteiger partial charge in [0.1, 0.15) is 0 Å². The third kappa shape index (κ3) is 5.96. The number of benzene rings is 1. The summed E-state index contributed by atoms with van der Waals surface area (Å²) in [6, 6.07) is 6.38. The molecular formula is C15H22F2N4OS. The van der Waals surface area contributed by atoms with Crippen LogP contribution in [0.1, 0.15) is 0 Å². The third-order valence-corrected chi connectivity index (χ3v) is 4.50. The first-order valence-electron chi connectivity index (χ1n) is 7.42. The number of carbonyl (C=O) groups is 1. The summed E-state index contributed by atoms with van der Waals surface area (Å²) in [7, 11) is 4.11. The SMILES string of the molecule is CN1CCN(C)C(CNC(=O)Nc2cccc(SC(F)F)c2)C1. The maximum atomic E-state index is 12.4. The summed E-state index contributed by atoms with van der Waals surface area (Å²) in [5.74, 6) is -2.47. The molecule has 1 fully saturated rings. The first kappa shape index (κ1) is 18.0. The van der Waals surface area contributed by atoms with Crippen LogP contribution in [0.3, 0.4) is 0 Å². The summed E-state index contributed by atoms with van der Waals surface area (Å²) < 4.78 is 24.7. The highest BCUT2D eigenvalue weighted by molar-refractivity contribution is 7.99. The van der Waals surface area contributed by atoms with Crippen molar-refractivity contribution in [2.24, 2.45) is 0 Å². The van der Waals surface area contributed by atoms with Gasteiger partial charge in [0.2, 0.25) is 0 Å². The predicted octanol–water partition coefficient (Wildman–Crippen LogP) is 2.37. The highest BCUT2D eigenvalue weighted by Gasteiger charge is 2.22. The molecule has 0 bridgehead atoms. The molecule has 0 spiro atoms. The molecule has 1 saturated heterocycles. The van der Waals surface area contributed by atoms with Crippen LogP contribution >= 0.6 is 11.8 Å². The number of urea groups is 1. The number of thioether (sulfide) groups is 1. The van der Waals surface area contributed by atoms with Gasteiger partial charge in [-0.25, -0.2) is 4.79 Å².